The number of rotatable bonds is 10. The quantitative estimate of drug-likeness (QED) is 0.391. The molecule has 3 N–H and O–H groups in total. The molecule has 0 radical (unpaired) electrons. The molecule has 8 nitrogen and oxygen atoms in total. The van der Waals surface area contributed by atoms with Crippen LogP contribution < -0.4 is 16.0 Å². The summed E-state index contributed by atoms with van der Waals surface area (Å²) >= 11 is 6.13. The largest absolute Gasteiger partial charge is 0.344 e. The molecule has 42 heavy (non-hydrogen) atoms. The Hall–Kier alpha value is -2.49. The Kier molecular flexibility index (Phi) is 10.9. The Labute approximate surface area is 256 Å². The van der Waals surface area contributed by atoms with E-state index >= 15 is 0 Å². The molecule has 3 aliphatic rings. The number of piperazine rings is 1. The van der Waals surface area contributed by atoms with Crippen molar-refractivity contribution in [3.8, 4) is 0 Å². The summed E-state index contributed by atoms with van der Waals surface area (Å²) in [5.41, 5.74) is 3.44. The summed E-state index contributed by atoms with van der Waals surface area (Å²) in [7, 11) is 0. The minimum absolute atomic E-state index is 0.00719. The van der Waals surface area contributed by atoms with Crippen molar-refractivity contribution in [2.24, 2.45) is 5.92 Å². The van der Waals surface area contributed by atoms with Gasteiger partial charge in [0.1, 0.15) is 6.04 Å². The maximum absolute atomic E-state index is 14.0. The number of halogens is 1. The van der Waals surface area contributed by atoms with E-state index in [0.29, 0.717) is 42.9 Å². The fourth-order valence-electron chi connectivity index (χ4n) is 6.64. The molecule has 2 saturated heterocycles. The molecule has 0 spiro atoms. The van der Waals surface area contributed by atoms with E-state index in [1.807, 2.05) is 35.2 Å². The second kappa shape index (κ2) is 14.8. The SMILES string of the molecule is CC(C)CN(C1CCNCC1)N1CCN(C(=O)C(Cc2ccc(Cl)cc2)NC(=O)CC2NCCc3ccccc32)CC1. The smallest absolute Gasteiger partial charge is 0.245 e. The number of carbonyl (C=O) groups excluding carboxylic acids is 2. The molecular weight excluding hydrogens is 548 g/mol. The van der Waals surface area contributed by atoms with Crippen LogP contribution in [0.25, 0.3) is 0 Å². The van der Waals surface area contributed by atoms with E-state index in [9.17, 15) is 9.59 Å². The standard InChI is InChI=1S/C33H47ClN6O2/c1-24(2)23-40(28-12-14-35-15-13-28)39-19-17-38(18-20-39)33(42)31(21-25-7-9-27(34)10-8-25)37-32(41)22-30-29-6-4-3-5-26(29)11-16-36-30/h3-10,24,28,30-31,35-36H,11-23H2,1-2H3,(H,37,41). The molecule has 3 aliphatic heterocycles. The van der Waals surface area contributed by atoms with Gasteiger partial charge in [0.15, 0.2) is 0 Å². The van der Waals surface area contributed by atoms with Gasteiger partial charge < -0.3 is 20.9 Å². The molecule has 0 saturated carbocycles. The Morgan fingerprint density at radius 2 is 1.71 bits per heavy atom. The van der Waals surface area contributed by atoms with Crippen molar-refractivity contribution in [2.45, 2.75) is 64.1 Å². The van der Waals surface area contributed by atoms with Gasteiger partial charge in [0.2, 0.25) is 11.8 Å². The zero-order chi connectivity index (χ0) is 29.5. The summed E-state index contributed by atoms with van der Waals surface area (Å²) < 4.78 is 0. The Bertz CT molecular complexity index is 1180. The Morgan fingerprint density at radius 3 is 2.43 bits per heavy atom. The average Bonchev–Trinajstić information content (AvgIpc) is 3.01. The van der Waals surface area contributed by atoms with Gasteiger partial charge in [0.25, 0.3) is 0 Å². The molecule has 5 rings (SSSR count). The minimum atomic E-state index is -0.625. The molecule has 2 atom stereocenters. The molecule has 2 fully saturated rings. The predicted molar refractivity (Wildman–Crippen MR) is 168 cm³/mol. The van der Waals surface area contributed by atoms with Crippen molar-refractivity contribution in [2.75, 3.05) is 52.4 Å². The number of nitrogens with one attached hydrogen (secondary N) is 3. The number of carbonyl (C=O) groups is 2. The highest BCUT2D eigenvalue weighted by Gasteiger charge is 2.33. The summed E-state index contributed by atoms with van der Waals surface area (Å²) in [6.45, 7) is 11.5. The Balaban J connectivity index is 1.24. The lowest BCUT2D eigenvalue weighted by Crippen LogP contribution is -2.61. The van der Waals surface area contributed by atoms with E-state index in [0.717, 1.165) is 64.1 Å². The second-order valence-corrected chi connectivity index (χ2v) is 12.8. The van der Waals surface area contributed by atoms with Gasteiger partial charge >= 0.3 is 0 Å². The van der Waals surface area contributed by atoms with E-state index in [-0.39, 0.29) is 17.9 Å². The van der Waals surface area contributed by atoms with Gasteiger partial charge in [0, 0.05) is 62.7 Å². The lowest BCUT2D eigenvalue weighted by Gasteiger charge is -2.46. The molecule has 0 bridgehead atoms. The highest BCUT2D eigenvalue weighted by Crippen LogP contribution is 2.25. The molecule has 2 aromatic rings. The van der Waals surface area contributed by atoms with Crippen molar-refractivity contribution in [3.63, 3.8) is 0 Å². The normalized spacial score (nSPS) is 20.9. The van der Waals surface area contributed by atoms with Crippen LogP contribution in [0.5, 0.6) is 0 Å². The molecular formula is C33H47ClN6O2. The molecule has 2 aromatic carbocycles. The third kappa shape index (κ3) is 8.11. The minimum Gasteiger partial charge on any atom is -0.344 e. The van der Waals surface area contributed by atoms with E-state index in [1.165, 1.54) is 11.1 Å². The van der Waals surface area contributed by atoms with Gasteiger partial charge in [-0.3, -0.25) is 9.59 Å². The fourth-order valence-corrected chi connectivity index (χ4v) is 6.76. The van der Waals surface area contributed by atoms with Crippen molar-refractivity contribution < 1.29 is 9.59 Å². The third-order valence-electron chi connectivity index (χ3n) is 8.80. The molecule has 3 heterocycles. The molecule has 9 heteroatoms. The van der Waals surface area contributed by atoms with Crippen LogP contribution in [0, 0.1) is 5.92 Å². The number of piperidine rings is 1. The monoisotopic (exact) mass is 594 g/mol. The van der Waals surface area contributed by atoms with Gasteiger partial charge in [0.05, 0.1) is 0 Å². The van der Waals surface area contributed by atoms with Gasteiger partial charge in [-0.2, -0.15) is 0 Å². The zero-order valence-electron chi connectivity index (χ0n) is 25.2. The molecule has 2 amide bonds. The first-order valence-corrected chi connectivity index (χ1v) is 16.1. The van der Waals surface area contributed by atoms with Gasteiger partial charge in [-0.05, 0) is 73.6 Å². The summed E-state index contributed by atoms with van der Waals surface area (Å²) in [6, 6.07) is 15.7. The van der Waals surface area contributed by atoms with Crippen molar-refractivity contribution >= 4 is 23.4 Å². The lowest BCUT2D eigenvalue weighted by molar-refractivity contribution is -0.144. The highest BCUT2D eigenvalue weighted by atomic mass is 35.5. The average molecular weight is 595 g/mol. The van der Waals surface area contributed by atoms with Gasteiger partial charge in [-0.25, -0.2) is 10.0 Å². The van der Waals surface area contributed by atoms with Crippen LogP contribution in [-0.4, -0.2) is 91.2 Å². The molecule has 228 valence electrons. The molecule has 2 unspecified atom stereocenters. The number of amides is 2. The van der Waals surface area contributed by atoms with Crippen molar-refractivity contribution in [1.29, 1.82) is 0 Å². The maximum Gasteiger partial charge on any atom is 0.245 e. The van der Waals surface area contributed by atoms with Crippen molar-refractivity contribution in [3.05, 3.63) is 70.2 Å². The van der Waals surface area contributed by atoms with Crippen LogP contribution in [0.1, 0.15) is 55.8 Å². The topological polar surface area (TPSA) is 80.0 Å². The summed E-state index contributed by atoms with van der Waals surface area (Å²) in [5, 5.41) is 15.8. The van der Waals surface area contributed by atoms with Crippen LogP contribution in [0.2, 0.25) is 5.02 Å². The van der Waals surface area contributed by atoms with E-state index < -0.39 is 6.04 Å². The van der Waals surface area contributed by atoms with Crippen LogP contribution in [0.15, 0.2) is 48.5 Å². The summed E-state index contributed by atoms with van der Waals surface area (Å²) in [4.78, 5) is 29.3. The summed E-state index contributed by atoms with van der Waals surface area (Å²) in [6.07, 6.45) is 4.01. The first kappa shape index (κ1) is 31.0. The Morgan fingerprint density at radius 1 is 1.00 bits per heavy atom. The highest BCUT2D eigenvalue weighted by molar-refractivity contribution is 6.30. The van der Waals surface area contributed by atoms with Gasteiger partial charge in [-0.15, -0.1) is 0 Å². The van der Waals surface area contributed by atoms with E-state index in [1.54, 1.807) is 0 Å². The van der Waals surface area contributed by atoms with Gasteiger partial charge in [-0.1, -0.05) is 61.8 Å². The van der Waals surface area contributed by atoms with Crippen LogP contribution >= 0.6 is 11.6 Å². The van der Waals surface area contributed by atoms with Crippen LogP contribution in [0.4, 0.5) is 0 Å². The second-order valence-electron chi connectivity index (χ2n) is 12.4. The lowest BCUT2D eigenvalue weighted by atomic mass is 9.92. The first-order valence-electron chi connectivity index (χ1n) is 15.7. The number of benzene rings is 2. The molecule has 0 aliphatic carbocycles. The van der Waals surface area contributed by atoms with Crippen LogP contribution in [0.3, 0.4) is 0 Å². The maximum atomic E-state index is 14.0. The fraction of sp³-hybridized carbons (Fsp3) is 0.576. The van der Waals surface area contributed by atoms with E-state index in [2.05, 4.69) is 58.0 Å². The number of hydrazine groups is 1. The number of hydrogen-bond acceptors (Lipinski definition) is 6. The summed E-state index contributed by atoms with van der Waals surface area (Å²) in [5.74, 6) is 0.459. The van der Waals surface area contributed by atoms with E-state index in [4.69, 9.17) is 11.6 Å². The van der Waals surface area contributed by atoms with Crippen molar-refractivity contribution in [1.82, 2.24) is 30.9 Å². The number of fused-ring (bicyclic) bond motifs is 1. The number of nitrogens with zero attached hydrogens (tertiary/aromatic N) is 3. The first-order chi connectivity index (χ1) is 20.4. The van der Waals surface area contributed by atoms with Crippen LogP contribution in [-0.2, 0) is 22.4 Å². The zero-order valence-corrected chi connectivity index (χ0v) is 25.9. The third-order valence-corrected chi connectivity index (χ3v) is 9.06. The molecule has 0 aromatic heterocycles. The number of hydrogen-bond donors (Lipinski definition) is 3. The predicted octanol–water partition coefficient (Wildman–Crippen LogP) is 3.41.